The highest BCUT2D eigenvalue weighted by atomic mass is 16.4. The highest BCUT2D eigenvalue weighted by molar-refractivity contribution is 5.82. The minimum Gasteiger partial charge on any atom is -0.872 e. The lowest BCUT2D eigenvalue weighted by Crippen LogP contribution is -3.06. The van der Waals surface area contributed by atoms with Gasteiger partial charge in [0.25, 0.3) is 0 Å². The van der Waals surface area contributed by atoms with Gasteiger partial charge in [0.15, 0.2) is 0 Å². The van der Waals surface area contributed by atoms with E-state index in [1.807, 2.05) is 18.2 Å². The van der Waals surface area contributed by atoms with Crippen molar-refractivity contribution in [2.75, 3.05) is 7.05 Å². The fourth-order valence-electron chi connectivity index (χ4n) is 2.83. The van der Waals surface area contributed by atoms with E-state index in [1.165, 1.54) is 16.5 Å². The van der Waals surface area contributed by atoms with E-state index < -0.39 is 0 Å². The monoisotopic (exact) mass is 309 g/mol. The van der Waals surface area contributed by atoms with E-state index >= 15 is 0 Å². The van der Waals surface area contributed by atoms with Crippen LogP contribution < -0.4 is 15.6 Å². The van der Waals surface area contributed by atoms with Crippen molar-refractivity contribution in [1.29, 1.82) is 0 Å². The second-order valence-electron chi connectivity index (χ2n) is 6.00. The molecule has 1 unspecified atom stereocenters. The summed E-state index contributed by atoms with van der Waals surface area (Å²) in [7, 11) is 2.07. The molecule has 0 fully saturated rings. The molecule has 4 heteroatoms. The first kappa shape index (κ1) is 15.3. The number of hydrogen-bond donors (Lipinski definition) is 1. The SMILES string of the molecule is Cc1cc2oc(=O)cc(C[NH+](C)Cc3ccccc3)c2cc1[O-]. The summed E-state index contributed by atoms with van der Waals surface area (Å²) >= 11 is 0. The van der Waals surface area contributed by atoms with E-state index in [1.54, 1.807) is 19.1 Å². The van der Waals surface area contributed by atoms with Crippen LogP contribution in [0.3, 0.4) is 0 Å². The quantitative estimate of drug-likeness (QED) is 0.741. The lowest BCUT2D eigenvalue weighted by molar-refractivity contribution is -0.907. The second kappa shape index (κ2) is 6.26. The summed E-state index contributed by atoms with van der Waals surface area (Å²) in [5.74, 6) is -0.0340. The fraction of sp³-hybridized carbons (Fsp3) is 0.211. The second-order valence-corrected chi connectivity index (χ2v) is 6.00. The van der Waals surface area contributed by atoms with Crippen LogP contribution in [0.5, 0.6) is 5.75 Å². The van der Waals surface area contributed by atoms with Gasteiger partial charge in [-0.2, -0.15) is 0 Å². The van der Waals surface area contributed by atoms with Gasteiger partial charge in [-0.15, -0.1) is 5.75 Å². The first-order chi connectivity index (χ1) is 11.0. The molecule has 23 heavy (non-hydrogen) atoms. The Labute approximate surface area is 134 Å². The Morgan fingerprint density at radius 3 is 2.57 bits per heavy atom. The maximum Gasteiger partial charge on any atom is 0.336 e. The maximum atomic E-state index is 11.9. The molecule has 1 aromatic heterocycles. The van der Waals surface area contributed by atoms with Crippen molar-refractivity contribution < 1.29 is 14.4 Å². The van der Waals surface area contributed by atoms with Crippen LogP contribution >= 0.6 is 0 Å². The predicted octanol–water partition coefficient (Wildman–Crippen LogP) is 1.39. The van der Waals surface area contributed by atoms with Gasteiger partial charge in [-0.25, -0.2) is 4.79 Å². The first-order valence-electron chi connectivity index (χ1n) is 7.62. The summed E-state index contributed by atoms with van der Waals surface area (Å²) in [6, 6.07) is 14.9. The molecule has 0 aliphatic heterocycles. The Morgan fingerprint density at radius 1 is 1.09 bits per heavy atom. The molecule has 2 aromatic carbocycles. The number of rotatable bonds is 4. The number of fused-ring (bicyclic) bond motifs is 1. The third-order valence-corrected chi connectivity index (χ3v) is 3.97. The van der Waals surface area contributed by atoms with Crippen LogP contribution in [0.1, 0.15) is 16.7 Å². The average molecular weight is 309 g/mol. The van der Waals surface area contributed by atoms with Gasteiger partial charge in [0.1, 0.15) is 18.7 Å². The molecule has 1 N–H and O–H groups in total. The van der Waals surface area contributed by atoms with Crippen molar-refractivity contribution in [3.8, 4) is 5.75 Å². The Balaban J connectivity index is 1.93. The molecule has 1 atom stereocenters. The molecule has 0 radical (unpaired) electrons. The molecule has 4 nitrogen and oxygen atoms in total. The molecule has 118 valence electrons. The lowest BCUT2D eigenvalue weighted by Gasteiger charge is -2.17. The minimum atomic E-state index is -0.377. The van der Waals surface area contributed by atoms with Gasteiger partial charge in [-0.05, 0) is 13.0 Å². The van der Waals surface area contributed by atoms with Crippen LogP contribution in [0, 0.1) is 6.92 Å². The molecule has 0 spiro atoms. The number of hydrogen-bond acceptors (Lipinski definition) is 3. The summed E-state index contributed by atoms with van der Waals surface area (Å²) in [6.07, 6.45) is 0. The topological polar surface area (TPSA) is 57.7 Å². The van der Waals surface area contributed by atoms with Crippen LogP contribution in [-0.4, -0.2) is 7.05 Å². The number of benzene rings is 2. The van der Waals surface area contributed by atoms with E-state index in [4.69, 9.17) is 4.42 Å². The van der Waals surface area contributed by atoms with Gasteiger partial charge >= 0.3 is 5.63 Å². The fourth-order valence-corrected chi connectivity index (χ4v) is 2.83. The normalized spacial score (nSPS) is 12.4. The molecule has 0 aliphatic rings. The predicted molar refractivity (Wildman–Crippen MR) is 87.4 cm³/mol. The van der Waals surface area contributed by atoms with Crippen molar-refractivity contribution in [2.24, 2.45) is 0 Å². The highest BCUT2D eigenvalue weighted by Gasteiger charge is 2.11. The molecule has 0 amide bonds. The van der Waals surface area contributed by atoms with E-state index in [9.17, 15) is 9.90 Å². The van der Waals surface area contributed by atoms with Crippen LogP contribution in [0.4, 0.5) is 0 Å². The van der Waals surface area contributed by atoms with E-state index in [2.05, 4.69) is 19.2 Å². The largest absolute Gasteiger partial charge is 0.872 e. The minimum absolute atomic E-state index is 0.0340. The summed E-state index contributed by atoms with van der Waals surface area (Å²) in [5.41, 5.74) is 2.78. The van der Waals surface area contributed by atoms with Gasteiger partial charge < -0.3 is 14.4 Å². The number of aryl methyl sites for hydroxylation is 1. The van der Waals surface area contributed by atoms with Crippen molar-refractivity contribution in [3.63, 3.8) is 0 Å². The Morgan fingerprint density at radius 2 is 1.83 bits per heavy atom. The molecular formula is C19H19NO3. The summed E-state index contributed by atoms with van der Waals surface area (Å²) < 4.78 is 5.23. The van der Waals surface area contributed by atoms with Gasteiger partial charge in [0, 0.05) is 22.6 Å². The zero-order valence-electron chi connectivity index (χ0n) is 13.3. The molecule has 0 aliphatic carbocycles. The lowest BCUT2D eigenvalue weighted by atomic mass is 10.1. The van der Waals surface area contributed by atoms with Gasteiger partial charge in [-0.3, -0.25) is 0 Å². The van der Waals surface area contributed by atoms with Crippen molar-refractivity contribution in [3.05, 3.63) is 75.6 Å². The summed E-state index contributed by atoms with van der Waals surface area (Å²) in [5, 5.41) is 12.6. The zero-order chi connectivity index (χ0) is 16.4. The number of quaternary nitrogens is 1. The average Bonchev–Trinajstić information content (AvgIpc) is 2.50. The smallest absolute Gasteiger partial charge is 0.336 e. The standard InChI is InChI=1S/C19H19NO3/c1-13-8-18-16(10-17(13)21)15(9-19(22)23-18)12-20(2)11-14-6-4-3-5-7-14/h3-10,21H,11-12H2,1-2H3. The highest BCUT2D eigenvalue weighted by Crippen LogP contribution is 2.23. The molecule has 3 rings (SSSR count). The molecule has 1 heterocycles. The maximum absolute atomic E-state index is 11.9. The van der Waals surface area contributed by atoms with E-state index in [-0.39, 0.29) is 11.4 Å². The summed E-state index contributed by atoms with van der Waals surface area (Å²) in [6.45, 7) is 3.22. The molecule has 0 saturated heterocycles. The third-order valence-electron chi connectivity index (χ3n) is 3.97. The van der Waals surface area contributed by atoms with E-state index in [0.29, 0.717) is 17.7 Å². The van der Waals surface area contributed by atoms with Crippen LogP contribution in [0.25, 0.3) is 11.0 Å². The Hall–Kier alpha value is -2.59. The van der Waals surface area contributed by atoms with Gasteiger partial charge in [0.05, 0.1) is 7.05 Å². The molecule has 0 bridgehead atoms. The van der Waals surface area contributed by atoms with Crippen molar-refractivity contribution >= 4 is 11.0 Å². The third kappa shape index (κ3) is 3.43. The van der Waals surface area contributed by atoms with Crippen LogP contribution in [0.15, 0.2) is 57.7 Å². The van der Waals surface area contributed by atoms with Crippen molar-refractivity contribution in [2.45, 2.75) is 20.0 Å². The molecule has 3 aromatic rings. The Bertz CT molecular complexity index is 884. The first-order valence-corrected chi connectivity index (χ1v) is 7.62. The van der Waals surface area contributed by atoms with E-state index in [0.717, 1.165) is 17.5 Å². The zero-order valence-corrected chi connectivity index (χ0v) is 13.3. The van der Waals surface area contributed by atoms with Gasteiger partial charge in [0.2, 0.25) is 0 Å². The Kier molecular flexibility index (Phi) is 4.17. The molecular weight excluding hydrogens is 290 g/mol. The van der Waals surface area contributed by atoms with Crippen molar-refractivity contribution in [1.82, 2.24) is 0 Å². The van der Waals surface area contributed by atoms with Crippen LogP contribution in [-0.2, 0) is 13.1 Å². The van der Waals surface area contributed by atoms with Crippen LogP contribution in [0.2, 0.25) is 0 Å². The molecule has 0 saturated carbocycles. The number of nitrogens with one attached hydrogen (secondary N) is 1. The van der Waals surface area contributed by atoms with Gasteiger partial charge in [-0.1, -0.05) is 42.0 Å². The summed E-state index contributed by atoms with van der Waals surface area (Å²) in [4.78, 5) is 13.0.